The SMILES string of the molecule is C=CCNC(=O)c1ccccc1NS(=O)(=O)c1c(C)[nH]c(=O)[nH]c1=O. The van der Waals surface area contributed by atoms with Crippen molar-refractivity contribution in [2.45, 2.75) is 11.8 Å². The molecule has 1 aromatic heterocycles. The Morgan fingerprint density at radius 3 is 2.56 bits per heavy atom. The molecule has 10 heteroatoms. The number of carbonyl (C=O) groups excluding carboxylic acids is 1. The van der Waals surface area contributed by atoms with Crippen LogP contribution in [0, 0.1) is 6.92 Å². The van der Waals surface area contributed by atoms with Gasteiger partial charge < -0.3 is 10.3 Å². The third-order valence-electron chi connectivity index (χ3n) is 3.17. The molecular weight excluding hydrogens is 348 g/mol. The van der Waals surface area contributed by atoms with Crippen LogP contribution in [0.25, 0.3) is 0 Å². The monoisotopic (exact) mass is 364 g/mol. The van der Waals surface area contributed by atoms with E-state index >= 15 is 0 Å². The minimum absolute atomic E-state index is 0.00550. The average Bonchev–Trinajstić information content (AvgIpc) is 2.51. The standard InChI is InChI=1S/C15H16N4O5S/c1-3-8-16-13(20)10-6-4-5-7-11(10)19-25(23,24)12-9(2)17-15(22)18-14(12)21/h3-7,19H,1,8H2,2H3,(H,16,20)(H2,17,18,21,22). The molecule has 132 valence electrons. The first kappa shape index (κ1) is 18.2. The number of aryl methyl sites for hydroxylation is 1. The highest BCUT2D eigenvalue weighted by atomic mass is 32.2. The topological polar surface area (TPSA) is 141 Å². The fourth-order valence-electron chi connectivity index (χ4n) is 2.14. The van der Waals surface area contributed by atoms with Gasteiger partial charge in [-0.15, -0.1) is 6.58 Å². The first-order chi connectivity index (χ1) is 11.8. The molecule has 0 aliphatic rings. The normalized spacial score (nSPS) is 10.9. The second kappa shape index (κ2) is 7.18. The Kier molecular flexibility index (Phi) is 5.22. The van der Waals surface area contributed by atoms with E-state index in [0.717, 1.165) is 0 Å². The third-order valence-corrected chi connectivity index (χ3v) is 4.68. The third kappa shape index (κ3) is 4.04. The Bertz CT molecular complexity index is 1040. The summed E-state index contributed by atoms with van der Waals surface area (Å²) in [5.74, 6) is -0.509. The predicted molar refractivity (Wildman–Crippen MR) is 92.2 cm³/mol. The Hall–Kier alpha value is -3.14. The van der Waals surface area contributed by atoms with Crippen LogP contribution in [0.1, 0.15) is 16.1 Å². The summed E-state index contributed by atoms with van der Waals surface area (Å²) in [6, 6.07) is 5.92. The van der Waals surface area contributed by atoms with Crippen molar-refractivity contribution in [2.24, 2.45) is 0 Å². The van der Waals surface area contributed by atoms with E-state index in [-0.39, 0.29) is 23.5 Å². The van der Waals surface area contributed by atoms with Crippen molar-refractivity contribution in [3.63, 3.8) is 0 Å². The Balaban J connectivity index is 2.47. The molecule has 0 bridgehead atoms. The van der Waals surface area contributed by atoms with Gasteiger partial charge in [-0.1, -0.05) is 18.2 Å². The van der Waals surface area contributed by atoms with Crippen molar-refractivity contribution < 1.29 is 13.2 Å². The molecular formula is C15H16N4O5S. The van der Waals surface area contributed by atoms with E-state index in [9.17, 15) is 22.8 Å². The highest BCUT2D eigenvalue weighted by Crippen LogP contribution is 2.19. The molecule has 2 aromatic rings. The van der Waals surface area contributed by atoms with E-state index in [2.05, 4.69) is 21.6 Å². The molecule has 0 aliphatic heterocycles. The number of sulfonamides is 1. The molecule has 1 heterocycles. The molecule has 0 aliphatic carbocycles. The summed E-state index contributed by atoms with van der Waals surface area (Å²) in [6.07, 6.45) is 1.48. The number of hydrogen-bond donors (Lipinski definition) is 4. The molecule has 2 rings (SSSR count). The lowest BCUT2D eigenvalue weighted by Gasteiger charge is -2.12. The van der Waals surface area contributed by atoms with Gasteiger partial charge in [0.25, 0.3) is 21.5 Å². The maximum atomic E-state index is 12.5. The largest absolute Gasteiger partial charge is 0.349 e. The zero-order valence-corrected chi connectivity index (χ0v) is 14.1. The molecule has 25 heavy (non-hydrogen) atoms. The Morgan fingerprint density at radius 2 is 1.92 bits per heavy atom. The number of anilines is 1. The number of rotatable bonds is 6. The van der Waals surface area contributed by atoms with Gasteiger partial charge >= 0.3 is 5.69 Å². The highest BCUT2D eigenvalue weighted by Gasteiger charge is 2.24. The van der Waals surface area contributed by atoms with Crippen LogP contribution in [0.5, 0.6) is 0 Å². The van der Waals surface area contributed by atoms with Crippen molar-refractivity contribution >= 4 is 21.6 Å². The predicted octanol–water partition coefficient (Wildman–Crippen LogP) is 0.0882. The van der Waals surface area contributed by atoms with Gasteiger partial charge in [-0.25, -0.2) is 13.2 Å². The van der Waals surface area contributed by atoms with Gasteiger partial charge in [-0.3, -0.25) is 19.3 Å². The molecule has 0 fully saturated rings. The van der Waals surface area contributed by atoms with Gasteiger partial charge in [0.1, 0.15) is 0 Å². The molecule has 0 atom stereocenters. The van der Waals surface area contributed by atoms with Crippen LogP contribution in [0.2, 0.25) is 0 Å². The number of carbonyl (C=O) groups is 1. The summed E-state index contributed by atoms with van der Waals surface area (Å²) in [7, 11) is -4.33. The zero-order valence-electron chi connectivity index (χ0n) is 13.3. The van der Waals surface area contributed by atoms with Crippen molar-refractivity contribution in [3.05, 3.63) is 69.0 Å². The number of amides is 1. The second-order valence-electron chi connectivity index (χ2n) is 5.01. The molecule has 1 aromatic carbocycles. The van der Waals surface area contributed by atoms with Gasteiger partial charge in [-0.2, -0.15) is 0 Å². The maximum Gasteiger partial charge on any atom is 0.325 e. The molecule has 0 saturated carbocycles. The van der Waals surface area contributed by atoms with Crippen LogP contribution >= 0.6 is 0 Å². The summed E-state index contributed by atoms with van der Waals surface area (Å²) >= 11 is 0. The van der Waals surface area contributed by atoms with E-state index in [1.54, 1.807) is 6.07 Å². The number of nitrogens with one attached hydrogen (secondary N) is 4. The highest BCUT2D eigenvalue weighted by molar-refractivity contribution is 7.92. The minimum Gasteiger partial charge on any atom is -0.349 e. The molecule has 1 amide bonds. The number of aromatic amines is 2. The lowest BCUT2D eigenvalue weighted by Crippen LogP contribution is -2.32. The zero-order chi connectivity index (χ0) is 18.6. The number of aromatic nitrogens is 2. The van der Waals surface area contributed by atoms with Gasteiger partial charge in [0.05, 0.1) is 11.3 Å². The van der Waals surface area contributed by atoms with E-state index < -0.39 is 32.1 Å². The Labute approximate surface area is 142 Å². The van der Waals surface area contributed by atoms with Gasteiger partial charge in [0.15, 0.2) is 4.90 Å². The minimum atomic E-state index is -4.33. The molecule has 0 spiro atoms. The number of hydrogen-bond acceptors (Lipinski definition) is 5. The van der Waals surface area contributed by atoms with Crippen LogP contribution in [-0.2, 0) is 10.0 Å². The summed E-state index contributed by atoms with van der Waals surface area (Å²) in [5, 5.41) is 2.54. The van der Waals surface area contributed by atoms with Crippen LogP contribution in [0.3, 0.4) is 0 Å². The Morgan fingerprint density at radius 1 is 1.24 bits per heavy atom. The lowest BCUT2D eigenvalue weighted by atomic mass is 10.1. The van der Waals surface area contributed by atoms with Crippen LogP contribution < -0.4 is 21.3 Å². The van der Waals surface area contributed by atoms with E-state index in [4.69, 9.17) is 0 Å². The summed E-state index contributed by atoms with van der Waals surface area (Å²) in [6.45, 7) is 4.97. The molecule has 0 saturated heterocycles. The lowest BCUT2D eigenvalue weighted by molar-refractivity contribution is 0.0959. The second-order valence-corrected chi connectivity index (χ2v) is 6.63. The van der Waals surface area contributed by atoms with Gasteiger partial charge in [-0.05, 0) is 19.1 Å². The summed E-state index contributed by atoms with van der Waals surface area (Å²) < 4.78 is 27.3. The van der Waals surface area contributed by atoms with Crippen molar-refractivity contribution in [2.75, 3.05) is 11.3 Å². The van der Waals surface area contributed by atoms with Gasteiger partial charge in [0, 0.05) is 12.2 Å². The average molecular weight is 364 g/mol. The first-order valence-electron chi connectivity index (χ1n) is 7.10. The smallest absolute Gasteiger partial charge is 0.325 e. The van der Waals surface area contributed by atoms with E-state index in [1.807, 2.05) is 4.98 Å². The van der Waals surface area contributed by atoms with Crippen LogP contribution in [0.4, 0.5) is 5.69 Å². The van der Waals surface area contributed by atoms with Crippen molar-refractivity contribution in [1.82, 2.24) is 15.3 Å². The van der Waals surface area contributed by atoms with Crippen LogP contribution in [-0.4, -0.2) is 30.8 Å². The van der Waals surface area contributed by atoms with Crippen molar-refractivity contribution in [1.29, 1.82) is 0 Å². The quantitative estimate of drug-likeness (QED) is 0.538. The van der Waals surface area contributed by atoms with Crippen LogP contribution in [0.15, 0.2) is 51.4 Å². The summed E-state index contributed by atoms with van der Waals surface area (Å²) in [5.41, 5.74) is -1.91. The fourth-order valence-corrected chi connectivity index (χ4v) is 3.46. The first-order valence-corrected chi connectivity index (χ1v) is 8.58. The summed E-state index contributed by atoms with van der Waals surface area (Å²) in [4.78, 5) is 38.6. The van der Waals surface area contributed by atoms with Gasteiger partial charge in [0.2, 0.25) is 0 Å². The van der Waals surface area contributed by atoms with E-state index in [1.165, 1.54) is 31.2 Å². The number of para-hydroxylation sites is 1. The number of benzene rings is 1. The molecule has 4 N–H and O–H groups in total. The molecule has 0 radical (unpaired) electrons. The fraction of sp³-hybridized carbons (Fsp3) is 0.133. The molecule has 0 unspecified atom stereocenters. The van der Waals surface area contributed by atoms with E-state index in [0.29, 0.717) is 0 Å². The maximum absolute atomic E-state index is 12.5. The van der Waals surface area contributed by atoms with Crippen molar-refractivity contribution in [3.8, 4) is 0 Å². The molecule has 9 nitrogen and oxygen atoms in total. The number of H-pyrrole nitrogens is 2.